The molecule has 2 N–H and O–H groups in total. The minimum Gasteiger partial charge on any atom is -0.392 e. The van der Waals surface area contributed by atoms with Gasteiger partial charge in [-0.2, -0.15) is 0 Å². The van der Waals surface area contributed by atoms with Crippen LogP contribution in [0.25, 0.3) is 22.0 Å². The average Bonchev–Trinajstić information content (AvgIpc) is 3.65. The van der Waals surface area contributed by atoms with Crippen LogP contribution < -0.4 is 0 Å². The predicted octanol–water partition coefficient (Wildman–Crippen LogP) is 9.11. The first-order chi connectivity index (χ1) is 19.4. The molecule has 4 unspecified atom stereocenters. The van der Waals surface area contributed by atoms with E-state index >= 15 is 0 Å². The van der Waals surface area contributed by atoms with Crippen LogP contribution in [0.15, 0.2) is 54.7 Å². The van der Waals surface area contributed by atoms with Crippen LogP contribution in [-0.4, -0.2) is 27.4 Å². The molecule has 1 radical (unpaired) electrons. The fourth-order valence-corrected chi connectivity index (χ4v) is 8.64. The molecule has 41 heavy (non-hydrogen) atoms. The van der Waals surface area contributed by atoms with Crippen molar-refractivity contribution in [3.8, 4) is 11.3 Å². The van der Waals surface area contributed by atoms with Crippen molar-refractivity contribution in [3.05, 3.63) is 66.4 Å². The predicted molar refractivity (Wildman–Crippen MR) is 166 cm³/mol. The van der Waals surface area contributed by atoms with Crippen LogP contribution in [0.1, 0.15) is 110 Å². The van der Waals surface area contributed by atoms with E-state index in [0.29, 0.717) is 5.92 Å². The van der Waals surface area contributed by atoms with Crippen molar-refractivity contribution in [1.29, 1.82) is 0 Å². The minimum absolute atomic E-state index is 0. The smallest absolute Gasteiger partial charge is 0.0651 e. The molecule has 0 spiro atoms. The van der Waals surface area contributed by atoms with Gasteiger partial charge in [-0.3, -0.25) is 0 Å². The summed E-state index contributed by atoms with van der Waals surface area (Å²) in [6, 6.07) is 20.4. The third kappa shape index (κ3) is 6.10. The first-order valence-electron chi connectivity index (χ1n) is 16.1. The van der Waals surface area contributed by atoms with Crippen molar-refractivity contribution in [3.63, 3.8) is 0 Å². The first kappa shape index (κ1) is 32.3. The van der Waals surface area contributed by atoms with Gasteiger partial charge in [0.25, 0.3) is 0 Å². The quantitative estimate of drug-likeness (QED) is 0.249. The Balaban J connectivity index is 0.000000186. The summed E-state index contributed by atoms with van der Waals surface area (Å²) in [5.74, 6) is 1.42. The molecule has 4 heteroatoms. The van der Waals surface area contributed by atoms with E-state index in [2.05, 4.69) is 69.1 Å². The van der Waals surface area contributed by atoms with E-state index in [1.807, 2.05) is 24.4 Å². The van der Waals surface area contributed by atoms with Gasteiger partial charge in [0.2, 0.25) is 0 Å². The number of pyridine rings is 1. The molecule has 2 aromatic carbocycles. The summed E-state index contributed by atoms with van der Waals surface area (Å²) in [4.78, 5) is 4.57. The summed E-state index contributed by atoms with van der Waals surface area (Å²) < 4.78 is 0. The first-order valence-corrected chi connectivity index (χ1v) is 16.1. The van der Waals surface area contributed by atoms with Crippen LogP contribution in [0.3, 0.4) is 0 Å². The summed E-state index contributed by atoms with van der Waals surface area (Å²) in [5, 5.41) is 24.3. The Morgan fingerprint density at radius 1 is 0.854 bits per heavy atom. The maximum atomic E-state index is 10.9. The van der Waals surface area contributed by atoms with Gasteiger partial charge in [0.15, 0.2) is 0 Å². The molecule has 0 bridgehead atoms. The monoisotopic (exact) mass is 733 g/mol. The summed E-state index contributed by atoms with van der Waals surface area (Å²) in [7, 11) is 0. The van der Waals surface area contributed by atoms with Crippen molar-refractivity contribution in [1.82, 2.24) is 4.98 Å². The van der Waals surface area contributed by atoms with Gasteiger partial charge in [0, 0.05) is 32.2 Å². The topological polar surface area (TPSA) is 53.4 Å². The average molecular weight is 733 g/mol. The van der Waals surface area contributed by atoms with Crippen LogP contribution in [0.5, 0.6) is 0 Å². The normalized spacial score (nSPS) is 26.6. The van der Waals surface area contributed by atoms with Gasteiger partial charge in [-0.1, -0.05) is 58.7 Å². The second-order valence-electron chi connectivity index (χ2n) is 13.0. The number of fused-ring (bicyclic) bond motifs is 2. The molecule has 0 aliphatic heterocycles. The van der Waals surface area contributed by atoms with Gasteiger partial charge >= 0.3 is 0 Å². The van der Waals surface area contributed by atoms with Crippen molar-refractivity contribution < 1.29 is 30.3 Å². The van der Waals surface area contributed by atoms with Crippen molar-refractivity contribution in [2.45, 2.75) is 116 Å². The zero-order valence-electron chi connectivity index (χ0n) is 25.5. The third-order valence-electron chi connectivity index (χ3n) is 11.6. The number of hydrogen-bond acceptors (Lipinski definition) is 3. The molecule has 3 saturated carbocycles. The molecule has 3 aliphatic carbocycles. The summed E-state index contributed by atoms with van der Waals surface area (Å²) in [6.45, 7) is 8.79. The van der Waals surface area contributed by atoms with E-state index in [4.69, 9.17) is 0 Å². The van der Waals surface area contributed by atoms with E-state index in [1.54, 1.807) is 0 Å². The molecular weight excluding hydrogens is 683 g/mol. The van der Waals surface area contributed by atoms with E-state index < -0.39 is 0 Å². The van der Waals surface area contributed by atoms with E-state index in [9.17, 15) is 10.2 Å². The number of aliphatic hydroxyl groups is 2. The van der Waals surface area contributed by atoms with Crippen molar-refractivity contribution >= 4 is 10.8 Å². The van der Waals surface area contributed by atoms with Crippen molar-refractivity contribution in [2.75, 3.05) is 0 Å². The van der Waals surface area contributed by atoms with Gasteiger partial charge in [0.1, 0.15) is 0 Å². The van der Waals surface area contributed by atoms with Gasteiger partial charge in [-0.15, -0.1) is 35.9 Å². The zero-order chi connectivity index (χ0) is 28.3. The SMILES string of the molecule is CCC1(CC)CCC2CC(CC)(CC)C(O)C2C1O.[Ir].[c-]1ccccc1-c1nccc2cc(C3CCCC3)ccc12. The van der Waals surface area contributed by atoms with Crippen LogP contribution in [0.4, 0.5) is 0 Å². The van der Waals surface area contributed by atoms with Gasteiger partial charge < -0.3 is 15.2 Å². The molecule has 3 aliphatic rings. The number of benzene rings is 2. The third-order valence-corrected chi connectivity index (χ3v) is 11.6. The largest absolute Gasteiger partial charge is 0.392 e. The molecule has 6 rings (SSSR count). The second-order valence-corrected chi connectivity index (χ2v) is 13.0. The Morgan fingerprint density at radius 2 is 1.54 bits per heavy atom. The fraction of sp³-hybridized carbons (Fsp3) is 0.595. The molecule has 225 valence electrons. The summed E-state index contributed by atoms with van der Waals surface area (Å²) >= 11 is 0. The van der Waals surface area contributed by atoms with E-state index in [1.165, 1.54) is 48.4 Å². The van der Waals surface area contributed by atoms with Crippen LogP contribution in [0, 0.1) is 28.7 Å². The maximum Gasteiger partial charge on any atom is 0.0651 e. The molecule has 0 saturated heterocycles. The minimum atomic E-state index is -0.309. The number of nitrogens with zero attached hydrogens (tertiary/aromatic N) is 1. The number of rotatable bonds is 6. The maximum absolute atomic E-state index is 10.9. The van der Waals surface area contributed by atoms with Gasteiger partial charge in [-0.25, -0.2) is 0 Å². The van der Waals surface area contributed by atoms with Gasteiger partial charge in [0.05, 0.1) is 12.2 Å². The zero-order valence-corrected chi connectivity index (χ0v) is 27.9. The van der Waals surface area contributed by atoms with Crippen molar-refractivity contribution in [2.24, 2.45) is 22.7 Å². The molecule has 3 fully saturated rings. The van der Waals surface area contributed by atoms with Gasteiger partial charge in [-0.05, 0) is 109 Å². The molecule has 3 nitrogen and oxygen atoms in total. The Hall–Kier alpha value is -1.58. The number of hydrogen-bond donors (Lipinski definition) is 2. The van der Waals surface area contributed by atoms with Crippen LogP contribution in [-0.2, 0) is 20.1 Å². The molecule has 4 atom stereocenters. The van der Waals surface area contributed by atoms with E-state index in [-0.39, 0.29) is 49.1 Å². The number of aliphatic hydroxyl groups excluding tert-OH is 2. The fourth-order valence-electron chi connectivity index (χ4n) is 8.64. The van der Waals surface area contributed by atoms with Crippen LogP contribution >= 0.6 is 0 Å². The van der Waals surface area contributed by atoms with E-state index in [0.717, 1.165) is 55.7 Å². The molecule has 0 amide bonds. The second kappa shape index (κ2) is 13.8. The summed E-state index contributed by atoms with van der Waals surface area (Å²) in [6.07, 6.45) is 14.3. The number of aromatic nitrogens is 1. The summed E-state index contributed by atoms with van der Waals surface area (Å²) in [5.41, 5.74) is 3.71. The Morgan fingerprint density at radius 3 is 2.17 bits per heavy atom. The molecule has 1 aromatic heterocycles. The Kier molecular flexibility index (Phi) is 10.9. The van der Waals surface area contributed by atoms with Crippen LogP contribution in [0.2, 0.25) is 0 Å². The Bertz CT molecular complexity index is 1240. The molecular formula is C37H50IrNO2-. The standard InChI is InChI=1S/C20H18N.C17H32O2.Ir/c1-2-8-16(9-3-1)20-19-11-10-17(15-6-4-5-7-15)14-18(19)12-13-21-20;1-5-16(6-2)10-9-12-11-17(7-3,8-4)15(19)13(12)14(16)18;/h1-3,8,10-15H,4-7H2;12-15,18-19H,5-11H2,1-4H3;/q-1;;. The Labute approximate surface area is 261 Å². The molecule has 1 heterocycles. The molecule has 3 aromatic rings.